The number of aliphatic hydroxyl groups is 1. The highest BCUT2D eigenvalue weighted by Crippen LogP contribution is 2.33. The molecule has 3 rings (SSSR count). The molecule has 1 N–H and O–H groups in total. The van der Waals surface area contributed by atoms with E-state index < -0.39 is 5.60 Å². The Morgan fingerprint density at radius 3 is 2.09 bits per heavy atom. The number of carbonyl (C=O) groups excluding carboxylic acids is 1. The number of carbonyl (C=O) groups is 1. The average Bonchev–Trinajstić information content (AvgIpc) is 2.86. The molecule has 0 aromatic heterocycles. The molecule has 2 aromatic rings. The van der Waals surface area contributed by atoms with Gasteiger partial charge >= 0.3 is 0 Å². The zero-order chi connectivity index (χ0) is 24.4. The van der Waals surface area contributed by atoms with Gasteiger partial charge in [-0.25, -0.2) is 0 Å². The van der Waals surface area contributed by atoms with Crippen LogP contribution >= 0.6 is 11.6 Å². The zero-order valence-electron chi connectivity index (χ0n) is 20.9. The summed E-state index contributed by atoms with van der Waals surface area (Å²) >= 11 is 5.98. The minimum absolute atomic E-state index is 0.217. The summed E-state index contributed by atoms with van der Waals surface area (Å²) in [6.07, 6.45) is 7.59. The number of ketones is 1. The van der Waals surface area contributed by atoms with Crippen LogP contribution in [0.25, 0.3) is 0 Å². The molecule has 5 heteroatoms. The third-order valence-corrected chi connectivity index (χ3v) is 7.31. The summed E-state index contributed by atoms with van der Waals surface area (Å²) < 4.78 is 0. The van der Waals surface area contributed by atoms with Crippen molar-refractivity contribution in [3.05, 3.63) is 64.7 Å². The average molecular weight is 485 g/mol. The van der Waals surface area contributed by atoms with Gasteiger partial charge in [0.15, 0.2) is 5.78 Å². The van der Waals surface area contributed by atoms with Gasteiger partial charge in [-0.15, -0.1) is 0 Å². The Kier molecular flexibility index (Phi) is 10.4. The lowest BCUT2D eigenvalue weighted by Crippen LogP contribution is -2.42. The Balaban J connectivity index is 1.44. The van der Waals surface area contributed by atoms with Gasteiger partial charge in [0.25, 0.3) is 0 Å². The molecule has 1 aliphatic heterocycles. The molecule has 1 saturated heterocycles. The van der Waals surface area contributed by atoms with E-state index in [0.29, 0.717) is 24.3 Å². The Morgan fingerprint density at radius 2 is 1.53 bits per heavy atom. The van der Waals surface area contributed by atoms with Crippen LogP contribution in [0.15, 0.2) is 48.5 Å². The van der Waals surface area contributed by atoms with E-state index in [4.69, 9.17) is 11.6 Å². The van der Waals surface area contributed by atoms with Crippen molar-refractivity contribution in [1.82, 2.24) is 4.90 Å². The molecule has 34 heavy (non-hydrogen) atoms. The largest absolute Gasteiger partial charge is 0.385 e. The number of hydrogen-bond acceptors (Lipinski definition) is 4. The lowest BCUT2D eigenvalue weighted by atomic mass is 9.84. The number of rotatable bonds is 13. The van der Waals surface area contributed by atoms with Crippen LogP contribution in [0.2, 0.25) is 5.02 Å². The lowest BCUT2D eigenvalue weighted by Gasteiger charge is -2.38. The van der Waals surface area contributed by atoms with Crippen LogP contribution in [0.3, 0.4) is 0 Å². The number of benzene rings is 2. The van der Waals surface area contributed by atoms with Crippen LogP contribution in [-0.4, -0.2) is 48.5 Å². The highest BCUT2D eigenvalue weighted by molar-refractivity contribution is 6.30. The van der Waals surface area contributed by atoms with E-state index in [1.807, 2.05) is 36.4 Å². The first-order chi connectivity index (χ1) is 16.4. The van der Waals surface area contributed by atoms with Crippen LogP contribution in [0, 0.1) is 0 Å². The van der Waals surface area contributed by atoms with Gasteiger partial charge in [0.1, 0.15) is 0 Å². The predicted octanol–water partition coefficient (Wildman–Crippen LogP) is 6.69. The van der Waals surface area contributed by atoms with E-state index in [1.54, 1.807) is 0 Å². The Morgan fingerprint density at radius 1 is 0.941 bits per heavy atom. The Labute approximate surface area is 210 Å². The number of halogens is 1. The Hall–Kier alpha value is -1.88. The molecule has 0 unspecified atom stereocenters. The summed E-state index contributed by atoms with van der Waals surface area (Å²) in [5, 5.41) is 11.7. The van der Waals surface area contributed by atoms with E-state index in [9.17, 15) is 9.90 Å². The fourth-order valence-electron chi connectivity index (χ4n) is 4.73. The van der Waals surface area contributed by atoms with Crippen molar-refractivity contribution in [2.75, 3.05) is 37.6 Å². The summed E-state index contributed by atoms with van der Waals surface area (Å²) in [5.74, 6) is 0.217. The molecule has 0 bridgehead atoms. The minimum atomic E-state index is -0.777. The molecular formula is C29H41ClN2O2. The number of hydrogen-bond donors (Lipinski definition) is 1. The van der Waals surface area contributed by atoms with Gasteiger partial charge in [0.05, 0.1) is 5.60 Å². The molecule has 0 atom stereocenters. The molecule has 0 aliphatic carbocycles. The van der Waals surface area contributed by atoms with Gasteiger partial charge < -0.3 is 14.9 Å². The van der Waals surface area contributed by atoms with Crippen molar-refractivity contribution in [3.8, 4) is 0 Å². The van der Waals surface area contributed by atoms with Crippen LogP contribution < -0.4 is 4.90 Å². The standard InChI is InChI=1S/C29H41ClN2O2/c1-3-5-20-32(21-6-4-2)27-15-9-24(10-16-27)28(33)8-7-19-31-22-17-29(34,18-23-31)25-11-13-26(30)14-12-25/h9-16,34H,3-8,17-23H2,1-2H3. The van der Waals surface area contributed by atoms with Crippen LogP contribution in [0.1, 0.15) is 81.1 Å². The monoisotopic (exact) mass is 484 g/mol. The number of likely N-dealkylation sites (tertiary alicyclic amines) is 1. The van der Waals surface area contributed by atoms with Gasteiger partial charge in [-0.3, -0.25) is 4.79 Å². The van der Waals surface area contributed by atoms with Gasteiger partial charge in [-0.1, -0.05) is 50.4 Å². The van der Waals surface area contributed by atoms with Crippen LogP contribution in [0.4, 0.5) is 5.69 Å². The van der Waals surface area contributed by atoms with Gasteiger partial charge in [0, 0.05) is 48.9 Å². The number of anilines is 1. The van der Waals surface area contributed by atoms with Gasteiger partial charge in [-0.05, 0) is 80.6 Å². The summed E-state index contributed by atoms with van der Waals surface area (Å²) in [5.41, 5.74) is 2.20. The fourth-order valence-corrected chi connectivity index (χ4v) is 4.85. The molecule has 1 aliphatic rings. The third-order valence-electron chi connectivity index (χ3n) is 7.06. The zero-order valence-corrected chi connectivity index (χ0v) is 21.7. The van der Waals surface area contributed by atoms with Crippen molar-refractivity contribution in [3.63, 3.8) is 0 Å². The van der Waals surface area contributed by atoms with Crippen molar-refractivity contribution < 1.29 is 9.90 Å². The topological polar surface area (TPSA) is 43.8 Å². The van der Waals surface area contributed by atoms with E-state index >= 15 is 0 Å². The second kappa shape index (κ2) is 13.3. The molecule has 186 valence electrons. The molecule has 0 saturated carbocycles. The summed E-state index contributed by atoms with van der Waals surface area (Å²) in [4.78, 5) is 17.6. The third kappa shape index (κ3) is 7.56. The molecule has 1 heterocycles. The molecule has 0 spiro atoms. The van der Waals surface area contributed by atoms with E-state index in [-0.39, 0.29) is 5.78 Å². The van der Waals surface area contributed by atoms with Crippen molar-refractivity contribution in [1.29, 1.82) is 0 Å². The maximum Gasteiger partial charge on any atom is 0.162 e. The first-order valence-electron chi connectivity index (χ1n) is 13.0. The number of nitrogens with zero attached hydrogens (tertiary/aromatic N) is 2. The molecular weight excluding hydrogens is 444 g/mol. The molecule has 4 nitrogen and oxygen atoms in total. The SMILES string of the molecule is CCCCN(CCCC)c1ccc(C(=O)CCCN2CCC(O)(c3ccc(Cl)cc3)CC2)cc1. The van der Waals surface area contributed by atoms with Crippen LogP contribution in [0.5, 0.6) is 0 Å². The molecule has 0 radical (unpaired) electrons. The summed E-state index contributed by atoms with van der Waals surface area (Å²) in [6.45, 7) is 9.18. The second-order valence-corrected chi connectivity index (χ2v) is 10.1. The van der Waals surface area contributed by atoms with Gasteiger partial charge in [0.2, 0.25) is 0 Å². The fraction of sp³-hybridized carbons (Fsp3) is 0.552. The minimum Gasteiger partial charge on any atom is -0.385 e. The highest BCUT2D eigenvalue weighted by Gasteiger charge is 2.33. The number of unbranched alkanes of at least 4 members (excludes halogenated alkanes) is 2. The molecule has 0 amide bonds. The van der Waals surface area contributed by atoms with Gasteiger partial charge in [-0.2, -0.15) is 0 Å². The summed E-state index contributed by atoms with van der Waals surface area (Å²) in [7, 11) is 0. The quantitative estimate of drug-likeness (QED) is 0.321. The first kappa shape index (κ1) is 26.7. The smallest absolute Gasteiger partial charge is 0.162 e. The number of piperidine rings is 1. The second-order valence-electron chi connectivity index (χ2n) is 9.65. The predicted molar refractivity (Wildman–Crippen MR) is 143 cm³/mol. The normalized spacial score (nSPS) is 15.9. The maximum atomic E-state index is 12.7. The molecule has 1 fully saturated rings. The van der Waals surface area contributed by atoms with E-state index in [0.717, 1.165) is 50.3 Å². The number of Topliss-reactive ketones (excluding diaryl/α,β-unsaturated/α-hetero) is 1. The first-order valence-corrected chi connectivity index (χ1v) is 13.4. The van der Waals surface area contributed by atoms with Crippen molar-refractivity contribution in [2.24, 2.45) is 0 Å². The van der Waals surface area contributed by atoms with Crippen molar-refractivity contribution in [2.45, 2.75) is 70.8 Å². The Bertz CT molecular complexity index is 866. The lowest BCUT2D eigenvalue weighted by molar-refractivity contribution is -0.0260. The van der Waals surface area contributed by atoms with E-state index in [1.165, 1.54) is 31.4 Å². The van der Waals surface area contributed by atoms with E-state index in [2.05, 4.69) is 35.8 Å². The van der Waals surface area contributed by atoms with Crippen LogP contribution in [-0.2, 0) is 5.60 Å². The van der Waals surface area contributed by atoms with Crippen molar-refractivity contribution >= 4 is 23.1 Å². The maximum absolute atomic E-state index is 12.7. The highest BCUT2D eigenvalue weighted by atomic mass is 35.5. The summed E-state index contributed by atoms with van der Waals surface area (Å²) in [6, 6.07) is 15.7. The molecule has 2 aromatic carbocycles.